The Labute approximate surface area is 117 Å². The minimum atomic E-state index is -4.65. The highest BCUT2D eigenvalue weighted by molar-refractivity contribution is 5.28. The van der Waals surface area contributed by atoms with Gasteiger partial charge in [-0.1, -0.05) is 12.1 Å². The molecule has 1 aromatic carbocycles. The van der Waals surface area contributed by atoms with Gasteiger partial charge >= 0.3 is 6.36 Å². The van der Waals surface area contributed by atoms with Gasteiger partial charge in [0, 0.05) is 6.04 Å². The van der Waals surface area contributed by atoms with Crippen LogP contribution in [0.25, 0.3) is 0 Å². The summed E-state index contributed by atoms with van der Waals surface area (Å²) in [6, 6.07) is 6.01. The van der Waals surface area contributed by atoms with Crippen LogP contribution in [-0.2, 0) is 11.2 Å². The van der Waals surface area contributed by atoms with Crippen LogP contribution in [0, 0.1) is 0 Å². The zero-order valence-electron chi connectivity index (χ0n) is 11.8. The Balaban J connectivity index is 2.55. The van der Waals surface area contributed by atoms with Gasteiger partial charge in [0.1, 0.15) is 5.75 Å². The van der Waals surface area contributed by atoms with Crippen molar-refractivity contribution in [2.45, 2.75) is 38.8 Å². The maximum absolute atomic E-state index is 12.0. The van der Waals surface area contributed by atoms with Gasteiger partial charge in [0.25, 0.3) is 0 Å². The molecule has 0 spiro atoms. The molecule has 1 aromatic rings. The van der Waals surface area contributed by atoms with Crippen LogP contribution < -0.4 is 10.1 Å². The molecular weight excluding hydrogens is 271 g/mol. The number of hydrogen-bond acceptors (Lipinski definition) is 3. The Bertz CT molecular complexity index is 390. The number of rotatable bonds is 7. The van der Waals surface area contributed by atoms with E-state index in [9.17, 15) is 13.2 Å². The Hall–Kier alpha value is -1.27. The average Bonchev–Trinajstić information content (AvgIpc) is 2.34. The van der Waals surface area contributed by atoms with Crippen LogP contribution in [-0.4, -0.2) is 32.2 Å². The van der Waals surface area contributed by atoms with Crippen LogP contribution in [0.5, 0.6) is 5.75 Å². The van der Waals surface area contributed by atoms with Gasteiger partial charge in [0.2, 0.25) is 0 Å². The molecule has 0 aliphatic carbocycles. The van der Waals surface area contributed by atoms with E-state index in [1.54, 1.807) is 12.1 Å². The molecule has 0 amide bonds. The first-order valence-corrected chi connectivity index (χ1v) is 6.43. The second kappa shape index (κ2) is 7.50. The fourth-order valence-corrected chi connectivity index (χ4v) is 1.66. The predicted molar refractivity (Wildman–Crippen MR) is 70.8 cm³/mol. The molecule has 3 nitrogen and oxygen atoms in total. The number of alkyl halides is 3. The third kappa shape index (κ3) is 6.77. The van der Waals surface area contributed by atoms with E-state index in [1.165, 1.54) is 12.1 Å². The minimum Gasteiger partial charge on any atom is -0.406 e. The molecule has 1 atom stereocenters. The molecule has 0 saturated heterocycles. The van der Waals surface area contributed by atoms with E-state index in [0.29, 0.717) is 13.0 Å². The molecule has 0 bridgehead atoms. The number of halogens is 3. The van der Waals surface area contributed by atoms with Crippen LogP contribution in [0.15, 0.2) is 24.3 Å². The fraction of sp³-hybridized carbons (Fsp3) is 0.571. The molecule has 0 aliphatic rings. The van der Waals surface area contributed by atoms with Crippen molar-refractivity contribution in [1.29, 1.82) is 0 Å². The van der Waals surface area contributed by atoms with Gasteiger partial charge in [-0.3, -0.25) is 0 Å². The van der Waals surface area contributed by atoms with Crippen LogP contribution >= 0.6 is 0 Å². The first-order chi connectivity index (χ1) is 9.30. The molecule has 0 heterocycles. The molecule has 0 aromatic heterocycles. The lowest BCUT2D eigenvalue weighted by Crippen LogP contribution is -2.33. The van der Waals surface area contributed by atoms with E-state index < -0.39 is 6.36 Å². The third-order valence-corrected chi connectivity index (χ3v) is 2.68. The lowest BCUT2D eigenvalue weighted by atomic mass is 10.1. The summed E-state index contributed by atoms with van der Waals surface area (Å²) in [5, 5.41) is 3.12. The van der Waals surface area contributed by atoms with E-state index in [0.717, 1.165) is 5.56 Å². The van der Waals surface area contributed by atoms with E-state index in [-0.39, 0.29) is 17.9 Å². The van der Waals surface area contributed by atoms with Gasteiger partial charge in [0.15, 0.2) is 0 Å². The second-order valence-electron chi connectivity index (χ2n) is 4.76. The van der Waals surface area contributed by atoms with Gasteiger partial charge in [-0.05, 0) is 45.0 Å². The van der Waals surface area contributed by atoms with Crippen molar-refractivity contribution in [2.24, 2.45) is 0 Å². The van der Waals surface area contributed by atoms with Crippen molar-refractivity contribution >= 4 is 0 Å². The third-order valence-electron chi connectivity index (χ3n) is 2.68. The van der Waals surface area contributed by atoms with Crippen LogP contribution in [0.1, 0.15) is 19.4 Å². The highest BCUT2D eigenvalue weighted by Crippen LogP contribution is 2.23. The van der Waals surface area contributed by atoms with Crippen LogP contribution in [0.2, 0.25) is 0 Å². The van der Waals surface area contributed by atoms with Gasteiger partial charge in [-0.25, -0.2) is 0 Å². The Morgan fingerprint density at radius 2 is 1.75 bits per heavy atom. The van der Waals surface area contributed by atoms with Gasteiger partial charge in [0.05, 0.1) is 12.7 Å². The Morgan fingerprint density at radius 3 is 2.20 bits per heavy atom. The summed E-state index contributed by atoms with van der Waals surface area (Å²) in [7, 11) is 1.83. The second-order valence-corrected chi connectivity index (χ2v) is 4.76. The van der Waals surface area contributed by atoms with Crippen molar-refractivity contribution in [3.8, 4) is 5.75 Å². The van der Waals surface area contributed by atoms with Crippen molar-refractivity contribution in [3.05, 3.63) is 29.8 Å². The lowest BCUT2D eigenvalue weighted by molar-refractivity contribution is -0.274. The van der Waals surface area contributed by atoms with E-state index >= 15 is 0 Å². The maximum atomic E-state index is 12.0. The number of hydrogen-bond donors (Lipinski definition) is 1. The molecule has 0 saturated carbocycles. The van der Waals surface area contributed by atoms with Crippen molar-refractivity contribution in [3.63, 3.8) is 0 Å². The topological polar surface area (TPSA) is 30.5 Å². The first-order valence-electron chi connectivity index (χ1n) is 6.43. The first kappa shape index (κ1) is 16.8. The molecule has 0 radical (unpaired) electrons. The van der Waals surface area contributed by atoms with Crippen LogP contribution in [0.4, 0.5) is 13.2 Å². The normalized spacial score (nSPS) is 13.6. The van der Waals surface area contributed by atoms with Crippen molar-refractivity contribution < 1.29 is 22.6 Å². The average molecular weight is 291 g/mol. The molecule has 114 valence electrons. The molecule has 1 N–H and O–H groups in total. The van der Waals surface area contributed by atoms with Gasteiger partial charge in [-0.15, -0.1) is 13.2 Å². The van der Waals surface area contributed by atoms with Gasteiger partial charge in [-0.2, -0.15) is 0 Å². The van der Waals surface area contributed by atoms with E-state index in [1.807, 2.05) is 20.9 Å². The Morgan fingerprint density at radius 1 is 1.15 bits per heavy atom. The highest BCUT2D eigenvalue weighted by atomic mass is 19.4. The molecule has 0 aliphatic heterocycles. The van der Waals surface area contributed by atoms with Crippen LogP contribution in [0.3, 0.4) is 0 Å². The fourth-order valence-electron chi connectivity index (χ4n) is 1.66. The lowest BCUT2D eigenvalue weighted by Gasteiger charge is -2.18. The summed E-state index contributed by atoms with van der Waals surface area (Å²) < 4.78 is 45.4. The summed E-state index contributed by atoms with van der Waals surface area (Å²) in [6.45, 7) is 4.46. The summed E-state index contributed by atoms with van der Waals surface area (Å²) in [6.07, 6.45) is -3.83. The summed E-state index contributed by atoms with van der Waals surface area (Å²) >= 11 is 0. The molecular formula is C14H20F3NO2. The van der Waals surface area contributed by atoms with E-state index in [2.05, 4.69) is 10.1 Å². The molecule has 0 fully saturated rings. The SMILES string of the molecule is CNC(COC(C)C)Cc1ccc(OC(F)(F)F)cc1. The standard InChI is InChI=1S/C14H20F3NO2/c1-10(2)19-9-12(18-3)8-11-4-6-13(7-5-11)20-14(15,16)17/h4-7,10,12,18H,8-9H2,1-3H3. The summed E-state index contributed by atoms with van der Waals surface area (Å²) in [5.41, 5.74) is 0.922. The summed E-state index contributed by atoms with van der Waals surface area (Å²) in [4.78, 5) is 0. The molecule has 6 heteroatoms. The van der Waals surface area contributed by atoms with E-state index in [4.69, 9.17) is 4.74 Å². The largest absolute Gasteiger partial charge is 0.573 e. The van der Waals surface area contributed by atoms with Crippen molar-refractivity contribution in [2.75, 3.05) is 13.7 Å². The minimum absolute atomic E-state index is 0.117. The van der Waals surface area contributed by atoms with Gasteiger partial charge < -0.3 is 14.8 Å². The predicted octanol–water partition coefficient (Wildman–Crippen LogP) is 3.14. The quantitative estimate of drug-likeness (QED) is 0.837. The zero-order valence-corrected chi connectivity index (χ0v) is 11.8. The monoisotopic (exact) mass is 291 g/mol. The Kier molecular flexibility index (Phi) is 6.29. The molecule has 20 heavy (non-hydrogen) atoms. The maximum Gasteiger partial charge on any atom is 0.573 e. The number of ether oxygens (including phenoxy) is 2. The smallest absolute Gasteiger partial charge is 0.406 e. The molecule has 1 unspecified atom stereocenters. The van der Waals surface area contributed by atoms with Crippen molar-refractivity contribution in [1.82, 2.24) is 5.32 Å². The number of likely N-dealkylation sites (N-methyl/N-ethyl adjacent to an activating group) is 1. The number of nitrogens with one attached hydrogen (secondary N) is 1. The molecule has 1 rings (SSSR count). The summed E-state index contributed by atoms with van der Waals surface area (Å²) in [5.74, 6) is -0.208. The zero-order chi connectivity index (χ0) is 15.2. The highest BCUT2D eigenvalue weighted by Gasteiger charge is 2.30. The number of benzene rings is 1.